The second-order valence-corrected chi connectivity index (χ2v) is 3.48. The standard InChI is InChI=1S/C7H9ClS/c1-5(2)6-3-9-4-7(6)8/h3-5H,1-2H3. The third kappa shape index (κ3) is 1.46. The van der Waals surface area contributed by atoms with Gasteiger partial charge in [-0.1, -0.05) is 25.4 Å². The Morgan fingerprint density at radius 2 is 2.11 bits per heavy atom. The summed E-state index contributed by atoms with van der Waals surface area (Å²) in [5, 5.41) is 4.99. The smallest absolute Gasteiger partial charge is 0.0547 e. The molecule has 0 unspecified atom stereocenters. The van der Waals surface area contributed by atoms with Crippen LogP contribution in [0, 0.1) is 0 Å². The van der Waals surface area contributed by atoms with Crippen molar-refractivity contribution in [3.8, 4) is 0 Å². The lowest BCUT2D eigenvalue weighted by Crippen LogP contribution is -1.81. The van der Waals surface area contributed by atoms with Crippen LogP contribution in [0.1, 0.15) is 25.3 Å². The fraction of sp³-hybridized carbons (Fsp3) is 0.429. The zero-order chi connectivity index (χ0) is 6.85. The summed E-state index contributed by atoms with van der Waals surface area (Å²) in [6.45, 7) is 4.29. The van der Waals surface area contributed by atoms with Gasteiger partial charge in [0.2, 0.25) is 0 Å². The molecule has 0 aliphatic rings. The maximum atomic E-state index is 5.85. The molecule has 0 radical (unpaired) electrons. The molecule has 1 aromatic heterocycles. The Kier molecular flexibility index (Phi) is 2.14. The second kappa shape index (κ2) is 2.72. The van der Waals surface area contributed by atoms with Gasteiger partial charge >= 0.3 is 0 Å². The van der Waals surface area contributed by atoms with E-state index in [4.69, 9.17) is 11.6 Å². The predicted molar refractivity (Wildman–Crippen MR) is 43.4 cm³/mol. The van der Waals surface area contributed by atoms with E-state index in [1.807, 2.05) is 5.38 Å². The van der Waals surface area contributed by atoms with Gasteiger partial charge in [0, 0.05) is 5.38 Å². The Balaban J connectivity index is 2.94. The number of halogens is 1. The van der Waals surface area contributed by atoms with Gasteiger partial charge in [-0.25, -0.2) is 0 Å². The molecule has 1 rings (SSSR count). The third-order valence-electron chi connectivity index (χ3n) is 1.26. The van der Waals surface area contributed by atoms with E-state index in [1.165, 1.54) is 5.56 Å². The van der Waals surface area contributed by atoms with Crippen LogP contribution in [0.2, 0.25) is 5.02 Å². The van der Waals surface area contributed by atoms with Crippen LogP contribution in [0.15, 0.2) is 10.8 Å². The summed E-state index contributed by atoms with van der Waals surface area (Å²) in [6.07, 6.45) is 0. The minimum Gasteiger partial charge on any atom is -0.151 e. The topological polar surface area (TPSA) is 0 Å². The van der Waals surface area contributed by atoms with E-state index in [-0.39, 0.29) is 0 Å². The molecule has 0 saturated heterocycles. The van der Waals surface area contributed by atoms with E-state index in [0.717, 1.165) is 5.02 Å². The number of thiophene rings is 1. The highest BCUT2D eigenvalue weighted by Crippen LogP contribution is 2.27. The Labute approximate surface area is 64.5 Å². The van der Waals surface area contributed by atoms with Gasteiger partial charge in [0.25, 0.3) is 0 Å². The summed E-state index contributed by atoms with van der Waals surface area (Å²) in [6, 6.07) is 0. The first-order valence-electron chi connectivity index (χ1n) is 2.93. The van der Waals surface area contributed by atoms with Crippen molar-refractivity contribution in [1.29, 1.82) is 0 Å². The zero-order valence-corrected chi connectivity index (χ0v) is 7.09. The minimum atomic E-state index is 0.559. The van der Waals surface area contributed by atoms with Crippen molar-refractivity contribution in [2.75, 3.05) is 0 Å². The van der Waals surface area contributed by atoms with Crippen LogP contribution in [-0.4, -0.2) is 0 Å². The van der Waals surface area contributed by atoms with Crippen molar-refractivity contribution < 1.29 is 0 Å². The average molecular weight is 161 g/mol. The van der Waals surface area contributed by atoms with Gasteiger partial charge in [0.05, 0.1) is 5.02 Å². The fourth-order valence-corrected chi connectivity index (χ4v) is 2.06. The first-order valence-corrected chi connectivity index (χ1v) is 4.25. The molecule has 2 heteroatoms. The fourth-order valence-electron chi connectivity index (χ4n) is 0.703. The molecule has 0 aliphatic carbocycles. The number of hydrogen-bond donors (Lipinski definition) is 0. The molecular weight excluding hydrogens is 152 g/mol. The summed E-state index contributed by atoms with van der Waals surface area (Å²) >= 11 is 7.51. The summed E-state index contributed by atoms with van der Waals surface area (Å²) in [7, 11) is 0. The number of hydrogen-bond acceptors (Lipinski definition) is 1. The number of rotatable bonds is 1. The van der Waals surface area contributed by atoms with Crippen LogP contribution in [0.5, 0.6) is 0 Å². The molecule has 0 spiro atoms. The molecule has 0 fully saturated rings. The first kappa shape index (κ1) is 7.10. The van der Waals surface area contributed by atoms with Crippen LogP contribution in [0.3, 0.4) is 0 Å². The SMILES string of the molecule is CC(C)c1cscc1Cl. The molecule has 0 aromatic carbocycles. The van der Waals surface area contributed by atoms with Crippen LogP contribution in [-0.2, 0) is 0 Å². The zero-order valence-electron chi connectivity index (χ0n) is 5.52. The van der Waals surface area contributed by atoms with Crippen molar-refractivity contribution >= 4 is 22.9 Å². The molecule has 50 valence electrons. The van der Waals surface area contributed by atoms with E-state index in [1.54, 1.807) is 11.3 Å². The second-order valence-electron chi connectivity index (χ2n) is 2.33. The molecule has 0 bridgehead atoms. The van der Waals surface area contributed by atoms with Crippen molar-refractivity contribution in [2.45, 2.75) is 19.8 Å². The maximum absolute atomic E-state index is 5.85. The Morgan fingerprint density at radius 1 is 1.44 bits per heavy atom. The third-order valence-corrected chi connectivity index (χ3v) is 2.48. The van der Waals surface area contributed by atoms with E-state index in [0.29, 0.717) is 5.92 Å². The maximum Gasteiger partial charge on any atom is 0.0547 e. The van der Waals surface area contributed by atoms with Gasteiger partial charge in [-0.3, -0.25) is 0 Å². The molecule has 0 nitrogen and oxygen atoms in total. The quantitative estimate of drug-likeness (QED) is 0.590. The summed E-state index contributed by atoms with van der Waals surface area (Å²) in [4.78, 5) is 0. The molecule has 0 aliphatic heterocycles. The Bertz CT molecular complexity index is 191. The van der Waals surface area contributed by atoms with Crippen LogP contribution in [0.4, 0.5) is 0 Å². The van der Waals surface area contributed by atoms with Crippen LogP contribution in [0.25, 0.3) is 0 Å². The monoisotopic (exact) mass is 160 g/mol. The normalized spacial score (nSPS) is 10.7. The van der Waals surface area contributed by atoms with Crippen molar-refractivity contribution in [2.24, 2.45) is 0 Å². The highest BCUT2D eigenvalue weighted by atomic mass is 35.5. The molecule has 0 saturated carbocycles. The molecule has 0 atom stereocenters. The van der Waals surface area contributed by atoms with Gasteiger partial charge in [0.1, 0.15) is 0 Å². The van der Waals surface area contributed by atoms with Gasteiger partial charge < -0.3 is 0 Å². The Hall–Kier alpha value is -0.0100. The van der Waals surface area contributed by atoms with Crippen LogP contribution >= 0.6 is 22.9 Å². The van der Waals surface area contributed by atoms with Gasteiger partial charge in [0.15, 0.2) is 0 Å². The molecule has 0 amide bonds. The predicted octanol–water partition coefficient (Wildman–Crippen LogP) is 3.52. The summed E-state index contributed by atoms with van der Waals surface area (Å²) < 4.78 is 0. The van der Waals surface area contributed by atoms with Gasteiger partial charge in [-0.2, -0.15) is 11.3 Å². The summed E-state index contributed by atoms with van der Waals surface area (Å²) in [5.74, 6) is 0.559. The van der Waals surface area contributed by atoms with Crippen LogP contribution < -0.4 is 0 Å². The van der Waals surface area contributed by atoms with Crippen molar-refractivity contribution in [3.05, 3.63) is 21.3 Å². The van der Waals surface area contributed by atoms with Crippen molar-refractivity contribution in [3.63, 3.8) is 0 Å². The molecule has 1 aromatic rings. The lowest BCUT2D eigenvalue weighted by Gasteiger charge is -1.99. The van der Waals surface area contributed by atoms with E-state index in [2.05, 4.69) is 19.2 Å². The molecule has 0 N–H and O–H groups in total. The lowest BCUT2D eigenvalue weighted by molar-refractivity contribution is 0.872. The van der Waals surface area contributed by atoms with E-state index in [9.17, 15) is 0 Å². The largest absolute Gasteiger partial charge is 0.151 e. The van der Waals surface area contributed by atoms with E-state index < -0.39 is 0 Å². The Morgan fingerprint density at radius 3 is 2.33 bits per heavy atom. The van der Waals surface area contributed by atoms with Crippen molar-refractivity contribution in [1.82, 2.24) is 0 Å². The lowest BCUT2D eigenvalue weighted by atomic mass is 10.1. The first-order chi connectivity index (χ1) is 4.22. The summed E-state index contributed by atoms with van der Waals surface area (Å²) in [5.41, 5.74) is 1.27. The minimum absolute atomic E-state index is 0.559. The molecule has 9 heavy (non-hydrogen) atoms. The average Bonchev–Trinajstić information content (AvgIpc) is 2.13. The molecular formula is C7H9ClS. The van der Waals surface area contributed by atoms with Gasteiger partial charge in [-0.15, -0.1) is 0 Å². The van der Waals surface area contributed by atoms with Gasteiger partial charge in [-0.05, 0) is 16.9 Å². The highest BCUT2D eigenvalue weighted by molar-refractivity contribution is 7.08. The molecule has 1 heterocycles. The van der Waals surface area contributed by atoms with E-state index >= 15 is 0 Å². The highest BCUT2D eigenvalue weighted by Gasteiger charge is 2.03.